The van der Waals surface area contributed by atoms with Crippen LogP contribution in [0.4, 0.5) is 0 Å². The fourth-order valence-corrected chi connectivity index (χ4v) is 1.25. The van der Waals surface area contributed by atoms with Gasteiger partial charge in [0.05, 0.1) is 0 Å². The van der Waals surface area contributed by atoms with Gasteiger partial charge in [-0.25, -0.2) is 0 Å². The summed E-state index contributed by atoms with van der Waals surface area (Å²) in [5, 5.41) is 6.33. The van der Waals surface area contributed by atoms with Crippen LogP contribution in [0.2, 0.25) is 0 Å². The molecule has 0 aromatic heterocycles. The molecular weight excluding hydrogens is 182 g/mol. The van der Waals surface area contributed by atoms with Gasteiger partial charge in [-0.05, 0) is 18.4 Å². The molecule has 0 aromatic carbocycles. The Labute approximate surface area is 85.1 Å². The zero-order valence-corrected chi connectivity index (χ0v) is 9.28. The lowest BCUT2D eigenvalue weighted by atomic mass is 10.5. The molecule has 0 aliphatic heterocycles. The molecule has 0 saturated heterocycles. The highest BCUT2D eigenvalue weighted by Gasteiger charge is 1.93. The van der Waals surface area contributed by atoms with Gasteiger partial charge in [-0.2, -0.15) is 11.8 Å². The lowest BCUT2D eigenvalue weighted by Gasteiger charge is -2.09. The first-order valence-corrected chi connectivity index (χ1v) is 5.79. The summed E-state index contributed by atoms with van der Waals surface area (Å²) in [6.07, 6.45) is 5.09. The van der Waals surface area contributed by atoms with Crippen molar-refractivity contribution in [2.75, 3.05) is 32.1 Å². The summed E-state index contributed by atoms with van der Waals surface area (Å²) in [6.45, 7) is 5.35. The fourth-order valence-electron chi connectivity index (χ4n) is 0.813. The van der Waals surface area contributed by atoms with Crippen molar-refractivity contribution in [3.05, 3.63) is 12.7 Å². The van der Waals surface area contributed by atoms with Gasteiger partial charge in [0, 0.05) is 20.1 Å². The first-order valence-electron chi connectivity index (χ1n) is 4.39. The highest BCUT2D eigenvalue weighted by atomic mass is 32.2. The van der Waals surface area contributed by atoms with Crippen molar-refractivity contribution in [3.63, 3.8) is 0 Å². The van der Waals surface area contributed by atoms with E-state index in [1.165, 1.54) is 5.75 Å². The summed E-state index contributed by atoms with van der Waals surface area (Å²) in [7, 11) is 1.77. The quantitative estimate of drug-likeness (QED) is 0.292. The number of hydrogen-bond donors (Lipinski definition) is 2. The Bertz CT molecular complexity index is 157. The van der Waals surface area contributed by atoms with E-state index in [4.69, 9.17) is 0 Å². The van der Waals surface area contributed by atoms with Crippen molar-refractivity contribution in [1.82, 2.24) is 10.6 Å². The standard InChI is InChI=1S/C9H19N3S/c1-4-6-11-9(10-2)12-7-5-8-13-3/h4H,1,5-8H2,2-3H3,(H2,10,11,12). The molecule has 3 nitrogen and oxygen atoms in total. The van der Waals surface area contributed by atoms with Crippen LogP contribution in [0.5, 0.6) is 0 Å². The summed E-state index contributed by atoms with van der Waals surface area (Å²) in [5.74, 6) is 2.03. The molecule has 0 aliphatic rings. The number of nitrogens with zero attached hydrogens (tertiary/aromatic N) is 1. The Balaban J connectivity index is 3.43. The van der Waals surface area contributed by atoms with Crippen LogP contribution in [0.3, 0.4) is 0 Å². The molecule has 0 aliphatic carbocycles. The van der Waals surface area contributed by atoms with Crippen LogP contribution < -0.4 is 10.6 Å². The molecule has 0 spiro atoms. The first kappa shape index (κ1) is 12.4. The maximum absolute atomic E-state index is 4.06. The van der Waals surface area contributed by atoms with E-state index in [0.29, 0.717) is 0 Å². The minimum absolute atomic E-state index is 0.752. The second kappa shape index (κ2) is 9.45. The van der Waals surface area contributed by atoms with E-state index in [0.717, 1.165) is 25.5 Å². The van der Waals surface area contributed by atoms with Crippen LogP contribution in [-0.4, -0.2) is 38.1 Å². The Morgan fingerprint density at radius 1 is 1.54 bits per heavy atom. The molecule has 0 rings (SSSR count). The minimum atomic E-state index is 0.752. The van der Waals surface area contributed by atoms with E-state index in [1.54, 1.807) is 7.05 Å². The van der Waals surface area contributed by atoms with Gasteiger partial charge in [-0.15, -0.1) is 6.58 Å². The average Bonchev–Trinajstić information content (AvgIpc) is 2.17. The lowest BCUT2D eigenvalue weighted by molar-refractivity contribution is 0.809. The lowest BCUT2D eigenvalue weighted by Crippen LogP contribution is -2.37. The topological polar surface area (TPSA) is 36.4 Å². The van der Waals surface area contributed by atoms with Gasteiger partial charge in [-0.3, -0.25) is 4.99 Å². The van der Waals surface area contributed by atoms with E-state index in [2.05, 4.69) is 28.5 Å². The maximum atomic E-state index is 4.06. The summed E-state index contributed by atoms with van der Waals surface area (Å²) < 4.78 is 0. The maximum Gasteiger partial charge on any atom is 0.191 e. The summed E-state index contributed by atoms with van der Waals surface area (Å²) in [5.41, 5.74) is 0. The summed E-state index contributed by atoms with van der Waals surface area (Å²) >= 11 is 1.86. The fraction of sp³-hybridized carbons (Fsp3) is 0.667. The molecule has 0 atom stereocenters. The third-order valence-corrected chi connectivity index (χ3v) is 2.15. The zero-order valence-electron chi connectivity index (χ0n) is 8.47. The van der Waals surface area contributed by atoms with E-state index < -0.39 is 0 Å². The number of guanidine groups is 1. The van der Waals surface area contributed by atoms with Gasteiger partial charge in [-0.1, -0.05) is 6.08 Å². The zero-order chi connectivity index (χ0) is 9.94. The van der Waals surface area contributed by atoms with Gasteiger partial charge in [0.1, 0.15) is 0 Å². The predicted octanol–water partition coefficient (Wildman–Crippen LogP) is 1.09. The number of rotatable bonds is 6. The van der Waals surface area contributed by atoms with Crippen LogP contribution >= 0.6 is 11.8 Å². The number of hydrogen-bond acceptors (Lipinski definition) is 2. The molecule has 0 aromatic rings. The van der Waals surface area contributed by atoms with Gasteiger partial charge in [0.25, 0.3) is 0 Å². The van der Waals surface area contributed by atoms with Crippen LogP contribution in [0.25, 0.3) is 0 Å². The van der Waals surface area contributed by atoms with Crippen LogP contribution in [-0.2, 0) is 0 Å². The van der Waals surface area contributed by atoms with E-state index in [-0.39, 0.29) is 0 Å². The Hall–Kier alpha value is -0.640. The third kappa shape index (κ3) is 7.71. The molecule has 0 saturated carbocycles. The van der Waals surface area contributed by atoms with Gasteiger partial charge in [0.15, 0.2) is 5.96 Å². The highest BCUT2D eigenvalue weighted by Crippen LogP contribution is 1.92. The summed E-state index contributed by atoms with van der Waals surface area (Å²) in [4.78, 5) is 4.06. The van der Waals surface area contributed by atoms with E-state index in [1.807, 2.05) is 17.8 Å². The number of aliphatic imine (C=N–C) groups is 1. The molecule has 2 N–H and O–H groups in total. The van der Waals surface area contributed by atoms with Crippen LogP contribution in [0.15, 0.2) is 17.6 Å². The Morgan fingerprint density at radius 2 is 2.31 bits per heavy atom. The second-order valence-corrected chi connectivity index (χ2v) is 3.50. The monoisotopic (exact) mass is 201 g/mol. The molecule has 0 bridgehead atoms. The van der Waals surface area contributed by atoms with Crippen molar-refractivity contribution < 1.29 is 0 Å². The number of nitrogens with one attached hydrogen (secondary N) is 2. The molecule has 4 heteroatoms. The SMILES string of the molecule is C=CCNC(=NC)NCCCSC. The van der Waals surface area contributed by atoms with Crippen molar-refractivity contribution in [2.24, 2.45) is 4.99 Å². The normalized spacial score (nSPS) is 11.1. The molecule has 0 amide bonds. The molecule has 13 heavy (non-hydrogen) atoms. The minimum Gasteiger partial charge on any atom is -0.356 e. The first-order chi connectivity index (χ1) is 6.35. The van der Waals surface area contributed by atoms with Crippen LogP contribution in [0, 0.1) is 0 Å². The molecule has 0 radical (unpaired) electrons. The molecule has 0 fully saturated rings. The van der Waals surface area contributed by atoms with Crippen molar-refractivity contribution in [2.45, 2.75) is 6.42 Å². The summed E-state index contributed by atoms with van der Waals surface area (Å²) in [6, 6.07) is 0. The van der Waals surface area contributed by atoms with Gasteiger partial charge in [0.2, 0.25) is 0 Å². The number of thioether (sulfide) groups is 1. The molecule has 0 heterocycles. The van der Waals surface area contributed by atoms with E-state index in [9.17, 15) is 0 Å². The van der Waals surface area contributed by atoms with Crippen molar-refractivity contribution >= 4 is 17.7 Å². The van der Waals surface area contributed by atoms with Gasteiger partial charge >= 0.3 is 0 Å². The molecule has 76 valence electrons. The third-order valence-electron chi connectivity index (χ3n) is 1.46. The second-order valence-electron chi connectivity index (χ2n) is 2.51. The smallest absolute Gasteiger partial charge is 0.191 e. The molecular formula is C9H19N3S. The highest BCUT2D eigenvalue weighted by molar-refractivity contribution is 7.98. The van der Waals surface area contributed by atoms with Crippen molar-refractivity contribution in [1.29, 1.82) is 0 Å². The van der Waals surface area contributed by atoms with Crippen molar-refractivity contribution in [3.8, 4) is 0 Å². The largest absolute Gasteiger partial charge is 0.356 e. The Kier molecular flexibility index (Phi) is 8.98. The predicted molar refractivity (Wildman–Crippen MR) is 62.6 cm³/mol. The molecule has 0 unspecified atom stereocenters. The Morgan fingerprint density at radius 3 is 2.85 bits per heavy atom. The van der Waals surface area contributed by atoms with Crippen LogP contribution in [0.1, 0.15) is 6.42 Å². The average molecular weight is 201 g/mol. The van der Waals surface area contributed by atoms with E-state index >= 15 is 0 Å². The van der Waals surface area contributed by atoms with Gasteiger partial charge < -0.3 is 10.6 Å².